The summed E-state index contributed by atoms with van der Waals surface area (Å²) in [5.41, 5.74) is 5.31. The smallest absolute Gasteiger partial charge is 0.408 e. The van der Waals surface area contributed by atoms with Crippen LogP contribution in [0.3, 0.4) is 0 Å². The number of nitrogens with one attached hydrogen (secondary N) is 6. The van der Waals surface area contributed by atoms with Crippen LogP contribution in [0.25, 0.3) is 0 Å². The van der Waals surface area contributed by atoms with Crippen LogP contribution in [-0.4, -0.2) is 174 Å². The number of carbonyl (C=O) groups is 12. The molecule has 3 aromatic carbocycles. The Morgan fingerprint density at radius 2 is 1.32 bits per heavy atom. The van der Waals surface area contributed by atoms with Crippen LogP contribution < -0.4 is 37.6 Å². The van der Waals surface area contributed by atoms with Crippen molar-refractivity contribution in [2.45, 2.75) is 267 Å². The monoisotopic (exact) mass is 1600 g/mol. The van der Waals surface area contributed by atoms with Gasteiger partial charge >= 0.3 is 12.1 Å². The lowest BCUT2D eigenvalue weighted by atomic mass is 9.83. The van der Waals surface area contributed by atoms with E-state index in [-0.39, 0.29) is 135 Å². The van der Waals surface area contributed by atoms with E-state index in [0.29, 0.717) is 68.4 Å². The highest BCUT2D eigenvalue weighted by atomic mass is 32.1. The van der Waals surface area contributed by atoms with Crippen LogP contribution in [0.15, 0.2) is 96.5 Å². The fourth-order valence-electron chi connectivity index (χ4n) is 15.0. The molecule has 114 heavy (non-hydrogen) atoms. The van der Waals surface area contributed by atoms with Crippen LogP contribution in [0.4, 0.5) is 15.3 Å². The van der Waals surface area contributed by atoms with Gasteiger partial charge in [0.25, 0.3) is 0 Å². The summed E-state index contributed by atoms with van der Waals surface area (Å²) < 4.78 is 17.9. The first-order chi connectivity index (χ1) is 53.7. The largest absolute Gasteiger partial charge is 0.445 e. The molecular formula is C88H132N10O15S. The van der Waals surface area contributed by atoms with E-state index in [0.717, 1.165) is 17.0 Å². The maximum absolute atomic E-state index is 14.9. The first-order valence-corrected chi connectivity index (χ1v) is 41.6. The van der Waals surface area contributed by atoms with Crippen molar-refractivity contribution in [2.24, 2.45) is 52.6 Å². The number of nitrogens with zero attached hydrogens (tertiary/aromatic N) is 3. The number of nitrogens with two attached hydrogens (primary N) is 1. The molecule has 2 heterocycles. The Morgan fingerprint density at radius 3 is 1.90 bits per heavy atom. The summed E-state index contributed by atoms with van der Waals surface area (Å²) in [5, 5.41) is 20.1. The lowest BCUT2D eigenvalue weighted by molar-refractivity contribution is -0.149. The molecule has 5 rings (SSSR count). The van der Waals surface area contributed by atoms with Crippen LogP contribution >= 0.6 is 11.3 Å². The number of thiazole rings is 1. The van der Waals surface area contributed by atoms with Gasteiger partial charge in [-0.2, -0.15) is 0 Å². The average molecular weight is 1600 g/mol. The van der Waals surface area contributed by atoms with Gasteiger partial charge in [-0.1, -0.05) is 155 Å². The number of methoxy groups -OCH3 is 2. The van der Waals surface area contributed by atoms with Crippen molar-refractivity contribution in [3.05, 3.63) is 118 Å². The highest BCUT2D eigenvalue weighted by Crippen LogP contribution is 2.35. The number of amides is 8. The molecule has 1 aromatic heterocycles. The number of ketones is 5. The van der Waals surface area contributed by atoms with E-state index >= 15 is 0 Å². The molecule has 0 saturated carbocycles. The predicted molar refractivity (Wildman–Crippen MR) is 444 cm³/mol. The molecule has 8 N–H and O–H groups in total. The van der Waals surface area contributed by atoms with Crippen molar-refractivity contribution < 1.29 is 71.7 Å². The van der Waals surface area contributed by atoms with E-state index in [4.69, 9.17) is 19.9 Å². The summed E-state index contributed by atoms with van der Waals surface area (Å²) in [4.78, 5) is 174. The molecule has 25 nitrogen and oxygen atoms in total. The first kappa shape index (κ1) is 96.0. The minimum atomic E-state index is -1.50. The number of unbranched alkanes of at least 4 members (excludes halogenated alkanes) is 1. The quantitative estimate of drug-likeness (QED) is 0.0159. The topological polar surface area (TPSA) is 350 Å². The Morgan fingerprint density at radius 1 is 0.693 bits per heavy atom. The molecule has 1 fully saturated rings. The van der Waals surface area contributed by atoms with E-state index in [2.05, 4.69) is 49.0 Å². The lowest BCUT2D eigenvalue weighted by Crippen LogP contribution is -2.55. The second kappa shape index (κ2) is 46.2. The molecule has 8 amide bonds. The van der Waals surface area contributed by atoms with Gasteiger partial charge in [-0.15, -0.1) is 11.3 Å². The number of likely N-dealkylation sites (tertiary alicyclic amines) is 1. The van der Waals surface area contributed by atoms with Gasteiger partial charge in [-0.3, -0.25) is 47.9 Å². The number of hydrogen-bond donors (Lipinski definition) is 7. The van der Waals surface area contributed by atoms with Crippen LogP contribution in [-0.2, 0) is 70.4 Å². The average Bonchev–Trinajstić information content (AvgIpc) is 1.40. The van der Waals surface area contributed by atoms with Crippen LogP contribution in [0.2, 0.25) is 0 Å². The van der Waals surface area contributed by atoms with E-state index < -0.39 is 106 Å². The third-order valence-electron chi connectivity index (χ3n) is 21.8. The van der Waals surface area contributed by atoms with Gasteiger partial charge in [0.2, 0.25) is 29.5 Å². The molecule has 1 aliphatic heterocycles. The number of primary amides is 1. The zero-order chi connectivity index (χ0) is 84.8. The molecule has 0 radical (unpaired) electrons. The highest BCUT2D eigenvalue weighted by molar-refractivity contribution is 7.09. The van der Waals surface area contributed by atoms with Gasteiger partial charge < -0.3 is 61.6 Å². The number of alkyl carbamates (subject to hydrolysis) is 1. The molecule has 4 aromatic rings. The Hall–Kier alpha value is -8.59. The second-order valence-corrected chi connectivity index (χ2v) is 35.1. The van der Waals surface area contributed by atoms with Crippen molar-refractivity contribution in [3.8, 4) is 0 Å². The van der Waals surface area contributed by atoms with Crippen LogP contribution in [0, 0.1) is 46.8 Å². The summed E-state index contributed by atoms with van der Waals surface area (Å²) in [6, 6.07) is 21.8. The standard InChI is InChI=1S/C88H132N10O15S/c1-19-57(6)77(72(111-17)53-75(104)98-46-29-36-68(98)78(112-18)58(7)69(99)51-64(82-91-45-47-114-82)48-59-30-22-20-23-31-59)97(16)83(108)66(55(2)3)52-73(102)88(14,15)96-85(110)113-54-60-37-39-65(40-38-60)93-80(106)63(35-28-44-92-84(89)109)50-71(101)76(56(4)5)94-81(107)62(49-70(100)61-32-24-21-25-33-61)34-26-27-43-90-74(103)42-41-67(95-87(11,12)13)79(105)86(8,9)10/h20-25,30-33,37-40,45,47,55-58,62-64,66-68,72,76-78,95H,19,26-29,34-36,41-44,46,48-54H2,1-18H3,(H,90,103)(H,93,106)(H,94,107)(H,96,110)(H3,89,92,109)/t57-,58-,62+,63+,64+,66-,67+,68-,72+,76-,77-,78+/m0/s1. The number of ether oxygens (including phenoxy) is 3. The number of benzene rings is 3. The summed E-state index contributed by atoms with van der Waals surface area (Å²) in [6.45, 7) is 28.3. The predicted octanol–water partition coefficient (Wildman–Crippen LogP) is 12.7. The van der Waals surface area contributed by atoms with Crippen molar-refractivity contribution in [1.82, 2.24) is 41.4 Å². The van der Waals surface area contributed by atoms with Crippen molar-refractivity contribution in [3.63, 3.8) is 0 Å². The fourth-order valence-corrected chi connectivity index (χ4v) is 15.7. The molecule has 0 aliphatic carbocycles. The van der Waals surface area contributed by atoms with Gasteiger partial charge in [-0.25, -0.2) is 14.6 Å². The second-order valence-electron chi connectivity index (χ2n) is 34.2. The maximum atomic E-state index is 14.9. The van der Waals surface area contributed by atoms with E-state index in [9.17, 15) is 57.5 Å². The van der Waals surface area contributed by atoms with Crippen molar-refractivity contribution in [1.29, 1.82) is 0 Å². The number of rotatable bonds is 49. The number of carbonyl (C=O) groups excluding carboxylic acids is 12. The number of aromatic nitrogens is 1. The highest BCUT2D eigenvalue weighted by Gasteiger charge is 2.45. The lowest BCUT2D eigenvalue weighted by Gasteiger charge is -2.41. The minimum absolute atomic E-state index is 0.0183. The first-order valence-electron chi connectivity index (χ1n) is 40.7. The molecule has 1 aliphatic rings. The zero-order valence-electron chi connectivity index (χ0n) is 70.9. The normalized spacial score (nSPS) is 16.2. The summed E-state index contributed by atoms with van der Waals surface area (Å²) in [6.07, 6.45) is 3.82. The summed E-state index contributed by atoms with van der Waals surface area (Å²) in [7, 11) is 4.80. The van der Waals surface area contributed by atoms with Gasteiger partial charge in [0.1, 0.15) is 12.4 Å². The number of likely N-dealkylation sites (N-methyl/N-ethyl adjacent to an activating group) is 1. The van der Waals surface area contributed by atoms with Crippen molar-refractivity contribution in [2.75, 3.05) is 46.2 Å². The van der Waals surface area contributed by atoms with Crippen molar-refractivity contribution >= 4 is 87.6 Å². The molecule has 26 heteroatoms. The van der Waals surface area contributed by atoms with E-state index in [1.165, 1.54) is 32.3 Å². The van der Waals surface area contributed by atoms with Gasteiger partial charge in [0, 0.05) is 136 Å². The molecule has 630 valence electrons. The maximum Gasteiger partial charge on any atom is 0.408 e. The van der Waals surface area contributed by atoms with Crippen LogP contribution in [0.5, 0.6) is 0 Å². The number of urea groups is 1. The molecule has 12 atom stereocenters. The van der Waals surface area contributed by atoms with Gasteiger partial charge in [0.05, 0.1) is 53.3 Å². The Kier molecular flexibility index (Phi) is 38.9. The number of anilines is 1. The summed E-state index contributed by atoms with van der Waals surface area (Å²) >= 11 is 1.53. The van der Waals surface area contributed by atoms with Crippen LogP contribution in [0.1, 0.15) is 233 Å². The minimum Gasteiger partial charge on any atom is -0.445 e. The third-order valence-corrected chi connectivity index (χ3v) is 22.8. The van der Waals surface area contributed by atoms with E-state index in [1.54, 1.807) is 93.7 Å². The Balaban J connectivity index is 1.18. The summed E-state index contributed by atoms with van der Waals surface area (Å²) in [5.74, 6) is -6.98. The molecule has 0 bridgehead atoms. The molecular weight excluding hydrogens is 1470 g/mol. The molecule has 0 spiro atoms. The molecule has 0 unspecified atom stereocenters. The third kappa shape index (κ3) is 30.9. The number of hydrogen-bond acceptors (Lipinski definition) is 18. The SMILES string of the molecule is CC[C@H](C)[C@@H]([C@@H](CC(=O)N1CCC[C@H]1[C@H](OC)[C@@H](C)C(=O)C[C@@H](Cc1ccccc1)c1nccs1)OC)N(C)C(=O)[C@@H](CC(=O)C(C)(C)NC(=O)OCc1ccc(NC(=O)[C@H](CCCNC(N)=O)CC(=O)[C@@H](NC(=O)[C@H](CCCCNC(=O)CC[C@@H](NC(C)(C)C)C(=O)C(C)(C)C)CC(=O)c2ccccc2)C(C)C)cc1)C(C)C. The van der Waals surface area contributed by atoms with Gasteiger partial charge in [0.15, 0.2) is 23.1 Å². The Labute approximate surface area is 680 Å². The van der Waals surface area contributed by atoms with E-state index in [1.807, 2.05) is 105 Å². The number of Topliss-reactive ketones (excluding diaryl/α,β-unsaturated/α-hetero) is 5. The van der Waals surface area contributed by atoms with Gasteiger partial charge in [-0.05, 0) is 127 Å². The Bertz CT molecular complexity index is 3770. The zero-order valence-corrected chi connectivity index (χ0v) is 71.7. The fraction of sp³-hybridized carbons (Fsp3) is 0.625. The molecule has 1 saturated heterocycles.